The van der Waals surface area contributed by atoms with Gasteiger partial charge >= 0.3 is 0 Å². The third-order valence-corrected chi connectivity index (χ3v) is 3.75. The molecule has 0 atom stereocenters. The molecule has 1 saturated heterocycles. The summed E-state index contributed by atoms with van der Waals surface area (Å²) in [5.74, 6) is -0.124. The number of amides is 2. The third kappa shape index (κ3) is 5.30. The summed E-state index contributed by atoms with van der Waals surface area (Å²) >= 11 is 3.37. The van der Waals surface area contributed by atoms with Crippen LogP contribution in [0.4, 0.5) is 11.4 Å². The van der Waals surface area contributed by atoms with E-state index >= 15 is 0 Å². The average Bonchev–Trinajstić information content (AvgIpc) is 2.42. The first-order valence-electron chi connectivity index (χ1n) is 6.65. The number of piperidine rings is 1. The highest BCUT2D eigenvalue weighted by molar-refractivity contribution is 9.10. The first-order valence-corrected chi connectivity index (χ1v) is 7.44. The van der Waals surface area contributed by atoms with Crippen molar-refractivity contribution in [1.82, 2.24) is 5.32 Å². The van der Waals surface area contributed by atoms with Crippen LogP contribution in [0.5, 0.6) is 0 Å². The molecule has 0 unspecified atom stereocenters. The van der Waals surface area contributed by atoms with Crippen molar-refractivity contribution in [3.8, 4) is 0 Å². The summed E-state index contributed by atoms with van der Waals surface area (Å²) in [6.45, 7) is 3.19. The first-order chi connectivity index (χ1) is 9.56. The Morgan fingerprint density at radius 1 is 1.19 bits per heavy atom. The molecular formula is C14H19BrClN3O2. The van der Waals surface area contributed by atoms with Crippen molar-refractivity contribution in [3.05, 3.63) is 22.7 Å². The Kier molecular flexibility index (Phi) is 7.14. The minimum atomic E-state index is -0.162. The summed E-state index contributed by atoms with van der Waals surface area (Å²) in [5, 5.41) is 8.87. The highest BCUT2D eigenvalue weighted by Crippen LogP contribution is 2.27. The van der Waals surface area contributed by atoms with Gasteiger partial charge in [-0.1, -0.05) is 15.9 Å². The van der Waals surface area contributed by atoms with Crippen LogP contribution in [0, 0.1) is 5.92 Å². The van der Waals surface area contributed by atoms with Crippen LogP contribution in [0.1, 0.15) is 19.8 Å². The van der Waals surface area contributed by atoms with Crippen LogP contribution < -0.4 is 16.0 Å². The quantitative estimate of drug-likeness (QED) is 0.760. The van der Waals surface area contributed by atoms with E-state index in [-0.39, 0.29) is 30.1 Å². The van der Waals surface area contributed by atoms with Crippen LogP contribution in [0.15, 0.2) is 22.7 Å². The fourth-order valence-corrected chi connectivity index (χ4v) is 2.60. The lowest BCUT2D eigenvalue weighted by molar-refractivity contribution is -0.120. The number of anilines is 2. The van der Waals surface area contributed by atoms with E-state index in [0.717, 1.165) is 30.4 Å². The Morgan fingerprint density at radius 2 is 1.86 bits per heavy atom. The molecule has 2 rings (SSSR count). The maximum Gasteiger partial charge on any atom is 0.227 e. The number of carbonyl (C=O) groups excluding carboxylic acids is 2. The molecule has 0 saturated carbocycles. The van der Waals surface area contributed by atoms with Crippen molar-refractivity contribution in [1.29, 1.82) is 0 Å². The van der Waals surface area contributed by atoms with Crippen molar-refractivity contribution >= 4 is 51.5 Å². The Hall–Kier alpha value is -1.11. The second-order valence-corrected chi connectivity index (χ2v) is 5.80. The van der Waals surface area contributed by atoms with Gasteiger partial charge in [0.15, 0.2) is 0 Å². The predicted molar refractivity (Wildman–Crippen MR) is 89.9 cm³/mol. The van der Waals surface area contributed by atoms with Gasteiger partial charge < -0.3 is 16.0 Å². The summed E-state index contributed by atoms with van der Waals surface area (Å²) < 4.78 is 0.854. The second-order valence-electron chi connectivity index (χ2n) is 4.88. The van der Waals surface area contributed by atoms with Gasteiger partial charge in [-0.05, 0) is 44.1 Å². The van der Waals surface area contributed by atoms with Crippen molar-refractivity contribution in [2.75, 3.05) is 23.7 Å². The molecule has 0 bridgehead atoms. The van der Waals surface area contributed by atoms with Gasteiger partial charge in [-0.25, -0.2) is 0 Å². The highest BCUT2D eigenvalue weighted by atomic mass is 79.9. The van der Waals surface area contributed by atoms with Crippen LogP contribution in [-0.4, -0.2) is 24.9 Å². The summed E-state index contributed by atoms with van der Waals surface area (Å²) in [5.41, 5.74) is 1.24. The number of rotatable bonds is 3. The van der Waals surface area contributed by atoms with Crippen molar-refractivity contribution in [3.63, 3.8) is 0 Å². The Morgan fingerprint density at radius 3 is 2.48 bits per heavy atom. The van der Waals surface area contributed by atoms with Crippen molar-refractivity contribution in [2.45, 2.75) is 19.8 Å². The van der Waals surface area contributed by atoms with E-state index in [1.807, 2.05) is 6.07 Å². The van der Waals surface area contributed by atoms with E-state index in [9.17, 15) is 9.59 Å². The first kappa shape index (κ1) is 17.9. The highest BCUT2D eigenvalue weighted by Gasteiger charge is 2.21. The lowest BCUT2D eigenvalue weighted by Gasteiger charge is -2.22. The zero-order chi connectivity index (χ0) is 14.5. The molecule has 5 nitrogen and oxygen atoms in total. The van der Waals surface area contributed by atoms with Crippen LogP contribution in [-0.2, 0) is 9.59 Å². The number of benzene rings is 1. The smallest absolute Gasteiger partial charge is 0.227 e. The van der Waals surface area contributed by atoms with Crippen molar-refractivity contribution in [2.24, 2.45) is 5.92 Å². The molecule has 1 aromatic rings. The van der Waals surface area contributed by atoms with Crippen molar-refractivity contribution < 1.29 is 9.59 Å². The zero-order valence-corrected chi connectivity index (χ0v) is 14.1. The molecule has 1 aliphatic heterocycles. The lowest BCUT2D eigenvalue weighted by atomic mass is 9.97. The van der Waals surface area contributed by atoms with Crippen LogP contribution in [0.2, 0.25) is 0 Å². The van der Waals surface area contributed by atoms with Crippen LogP contribution in [0.3, 0.4) is 0 Å². The zero-order valence-electron chi connectivity index (χ0n) is 11.7. The van der Waals surface area contributed by atoms with Gasteiger partial charge in [-0.3, -0.25) is 9.59 Å². The summed E-state index contributed by atoms with van der Waals surface area (Å²) in [6, 6.07) is 5.39. The lowest BCUT2D eigenvalue weighted by Crippen LogP contribution is -2.34. The van der Waals surface area contributed by atoms with Gasteiger partial charge in [-0.15, -0.1) is 12.4 Å². The van der Waals surface area contributed by atoms with Crippen LogP contribution in [0.25, 0.3) is 0 Å². The molecule has 1 heterocycles. The number of hydrogen-bond acceptors (Lipinski definition) is 3. The number of hydrogen-bond donors (Lipinski definition) is 3. The molecule has 0 aliphatic carbocycles. The minimum Gasteiger partial charge on any atom is -0.325 e. The third-order valence-electron chi connectivity index (χ3n) is 3.26. The monoisotopic (exact) mass is 375 g/mol. The molecule has 0 spiro atoms. The van der Waals surface area contributed by atoms with E-state index < -0.39 is 0 Å². The molecule has 1 fully saturated rings. The normalized spacial score (nSPS) is 15.0. The van der Waals surface area contributed by atoms with Gasteiger partial charge in [0.1, 0.15) is 0 Å². The average molecular weight is 377 g/mol. The van der Waals surface area contributed by atoms with Gasteiger partial charge in [0.25, 0.3) is 0 Å². The van der Waals surface area contributed by atoms with Gasteiger partial charge in [0.05, 0.1) is 11.4 Å². The second kappa shape index (κ2) is 8.36. The Bertz CT molecular complexity index is 519. The Labute approximate surface area is 138 Å². The standard InChI is InChI=1S/C14H18BrN3O2.ClH/c1-9(19)17-12-3-2-11(15)8-13(12)18-14(20)10-4-6-16-7-5-10;/h2-3,8,10,16H,4-7H2,1H3,(H,17,19)(H,18,20);1H. The minimum absolute atomic E-state index is 0. The molecule has 3 N–H and O–H groups in total. The Balaban J connectivity index is 0.00000220. The molecule has 0 aromatic heterocycles. The van der Waals surface area contributed by atoms with E-state index in [4.69, 9.17) is 0 Å². The molecular weight excluding hydrogens is 358 g/mol. The summed E-state index contributed by atoms with van der Waals surface area (Å²) in [6.07, 6.45) is 1.69. The molecule has 1 aromatic carbocycles. The maximum absolute atomic E-state index is 12.2. The van der Waals surface area contributed by atoms with Gasteiger partial charge in [0.2, 0.25) is 11.8 Å². The predicted octanol–water partition coefficient (Wildman–Crippen LogP) is 2.77. The summed E-state index contributed by atoms with van der Waals surface area (Å²) in [4.78, 5) is 23.4. The molecule has 7 heteroatoms. The number of nitrogens with one attached hydrogen (secondary N) is 3. The molecule has 0 radical (unpaired) electrons. The van der Waals surface area contributed by atoms with E-state index in [1.54, 1.807) is 12.1 Å². The summed E-state index contributed by atoms with van der Waals surface area (Å²) in [7, 11) is 0. The number of carbonyl (C=O) groups is 2. The molecule has 21 heavy (non-hydrogen) atoms. The molecule has 116 valence electrons. The molecule has 2 amide bonds. The van der Waals surface area contributed by atoms with Gasteiger partial charge in [0, 0.05) is 17.3 Å². The SMILES string of the molecule is CC(=O)Nc1ccc(Br)cc1NC(=O)C1CCNCC1.Cl. The topological polar surface area (TPSA) is 70.2 Å². The van der Waals surface area contributed by atoms with E-state index in [2.05, 4.69) is 31.9 Å². The maximum atomic E-state index is 12.2. The fourth-order valence-electron chi connectivity index (χ4n) is 2.24. The van der Waals surface area contributed by atoms with E-state index in [1.165, 1.54) is 6.92 Å². The largest absolute Gasteiger partial charge is 0.325 e. The molecule has 1 aliphatic rings. The van der Waals surface area contributed by atoms with Gasteiger partial charge in [-0.2, -0.15) is 0 Å². The fraction of sp³-hybridized carbons (Fsp3) is 0.429. The number of halogens is 2. The van der Waals surface area contributed by atoms with E-state index in [0.29, 0.717) is 11.4 Å². The van der Waals surface area contributed by atoms with Crippen LogP contribution >= 0.6 is 28.3 Å².